The second-order valence-corrected chi connectivity index (χ2v) is 9.04. The Kier molecular flexibility index (Phi) is 4.78. The van der Waals surface area contributed by atoms with Crippen molar-refractivity contribution in [1.29, 1.82) is 0 Å². The van der Waals surface area contributed by atoms with Gasteiger partial charge in [-0.1, -0.05) is 6.07 Å². The van der Waals surface area contributed by atoms with Gasteiger partial charge in [0.25, 0.3) is 0 Å². The van der Waals surface area contributed by atoms with Gasteiger partial charge in [0, 0.05) is 4.88 Å². The van der Waals surface area contributed by atoms with Crippen LogP contribution in [0.1, 0.15) is 33.8 Å². The first kappa shape index (κ1) is 18.0. The molecular weight excluding hydrogens is 370 g/mol. The van der Waals surface area contributed by atoms with Gasteiger partial charge in [-0.05, 0) is 61.9 Å². The Morgan fingerprint density at radius 1 is 1.11 bits per heavy atom. The van der Waals surface area contributed by atoms with Crippen molar-refractivity contribution in [3.8, 4) is 11.6 Å². The lowest BCUT2D eigenvalue weighted by Crippen LogP contribution is -3.12. The topological polar surface area (TPSA) is 48.7 Å². The fraction of sp³-hybridized carbons (Fsp3) is 0.455. The molecule has 1 fully saturated rings. The molecule has 5 nitrogen and oxygen atoms in total. The summed E-state index contributed by atoms with van der Waals surface area (Å²) < 4.78 is 11.8. The number of nitrogens with zero attached hydrogens (tertiary/aromatic N) is 2. The number of rotatable bonds is 4. The molecule has 1 saturated heterocycles. The summed E-state index contributed by atoms with van der Waals surface area (Å²) >= 11 is 1.73. The zero-order chi connectivity index (χ0) is 19.1. The Labute approximate surface area is 169 Å². The van der Waals surface area contributed by atoms with E-state index in [1.54, 1.807) is 11.3 Å². The van der Waals surface area contributed by atoms with E-state index in [9.17, 15) is 0 Å². The van der Waals surface area contributed by atoms with Gasteiger partial charge in [0.05, 0.1) is 18.6 Å². The molecule has 0 radical (unpaired) electrons. The SMILES string of the molecule is Cc1sc2nc(C[NH+]3CCOCC3)nc(Oc3ccc4c(c3)CCC4)c2c1C. The fourth-order valence-corrected chi connectivity index (χ4v) is 5.23. The van der Waals surface area contributed by atoms with E-state index < -0.39 is 0 Å². The lowest BCUT2D eigenvalue weighted by atomic mass is 10.1. The molecule has 2 aromatic heterocycles. The quantitative estimate of drug-likeness (QED) is 0.737. The van der Waals surface area contributed by atoms with Crippen LogP contribution in [-0.2, 0) is 24.1 Å². The standard InChI is InChI=1S/C22H25N3O2S/c1-14-15(2)28-22-20(14)21(23-19(24-22)13-25-8-10-26-11-9-25)27-18-7-6-16-4-3-5-17(16)12-18/h6-7,12H,3-5,8-11,13H2,1-2H3/p+1. The van der Waals surface area contributed by atoms with Gasteiger partial charge in [-0.25, -0.2) is 4.98 Å². The van der Waals surface area contributed by atoms with Gasteiger partial charge in [0.1, 0.15) is 30.2 Å². The summed E-state index contributed by atoms with van der Waals surface area (Å²) in [6, 6.07) is 6.48. The Balaban J connectivity index is 1.51. The summed E-state index contributed by atoms with van der Waals surface area (Å²) in [6.07, 6.45) is 3.57. The number of morpholine rings is 1. The molecular formula is C22H26N3O2S+. The minimum atomic E-state index is 0.701. The van der Waals surface area contributed by atoms with Gasteiger partial charge in [-0.2, -0.15) is 4.98 Å². The highest BCUT2D eigenvalue weighted by Gasteiger charge is 2.21. The molecule has 0 amide bonds. The van der Waals surface area contributed by atoms with Gasteiger partial charge >= 0.3 is 0 Å². The Hall–Kier alpha value is -2.02. The highest BCUT2D eigenvalue weighted by molar-refractivity contribution is 7.18. The molecule has 3 heterocycles. The summed E-state index contributed by atoms with van der Waals surface area (Å²) in [5.41, 5.74) is 4.10. The number of thiophene rings is 1. The molecule has 0 atom stereocenters. The van der Waals surface area contributed by atoms with E-state index in [1.807, 2.05) is 0 Å². The summed E-state index contributed by atoms with van der Waals surface area (Å²) in [5, 5.41) is 1.06. The molecule has 1 N–H and O–H groups in total. The molecule has 2 aliphatic rings. The lowest BCUT2D eigenvalue weighted by Gasteiger charge is -2.23. The van der Waals surface area contributed by atoms with Gasteiger partial charge in [-0.15, -0.1) is 11.3 Å². The normalized spacial score (nSPS) is 17.2. The van der Waals surface area contributed by atoms with Crippen LogP contribution >= 0.6 is 11.3 Å². The van der Waals surface area contributed by atoms with Crippen molar-refractivity contribution in [2.24, 2.45) is 0 Å². The number of hydrogen-bond acceptors (Lipinski definition) is 5. The minimum absolute atomic E-state index is 0.701. The van der Waals surface area contributed by atoms with Crippen LogP contribution in [0.5, 0.6) is 11.6 Å². The van der Waals surface area contributed by atoms with Crippen molar-refractivity contribution in [3.05, 3.63) is 45.6 Å². The first-order valence-electron chi connectivity index (χ1n) is 10.1. The molecule has 0 bridgehead atoms. The summed E-state index contributed by atoms with van der Waals surface area (Å²) in [6.45, 7) is 8.74. The van der Waals surface area contributed by atoms with Crippen molar-refractivity contribution in [1.82, 2.24) is 9.97 Å². The van der Waals surface area contributed by atoms with E-state index in [1.165, 1.54) is 39.3 Å². The number of hydrogen-bond donors (Lipinski definition) is 1. The fourth-order valence-electron chi connectivity index (χ4n) is 4.19. The van der Waals surface area contributed by atoms with Crippen LogP contribution in [0.15, 0.2) is 18.2 Å². The highest BCUT2D eigenvalue weighted by atomic mass is 32.1. The van der Waals surface area contributed by atoms with E-state index in [-0.39, 0.29) is 0 Å². The van der Waals surface area contributed by atoms with Crippen LogP contribution < -0.4 is 9.64 Å². The van der Waals surface area contributed by atoms with Crippen LogP contribution in [0.3, 0.4) is 0 Å². The monoisotopic (exact) mass is 396 g/mol. The van der Waals surface area contributed by atoms with Crippen LogP contribution in [0.4, 0.5) is 0 Å². The zero-order valence-electron chi connectivity index (χ0n) is 16.5. The Bertz CT molecular complexity index is 1020. The number of benzene rings is 1. The average Bonchev–Trinajstić information content (AvgIpc) is 3.27. The number of ether oxygens (including phenoxy) is 2. The summed E-state index contributed by atoms with van der Waals surface area (Å²) in [7, 11) is 0. The molecule has 1 aliphatic carbocycles. The van der Waals surface area contributed by atoms with Crippen LogP contribution in [0, 0.1) is 13.8 Å². The van der Waals surface area contributed by atoms with Crippen LogP contribution in [0.25, 0.3) is 10.2 Å². The smallest absolute Gasteiger partial charge is 0.231 e. The van der Waals surface area contributed by atoms with Crippen molar-refractivity contribution < 1.29 is 14.4 Å². The number of quaternary nitrogens is 1. The molecule has 1 aromatic carbocycles. The number of aromatic nitrogens is 2. The molecule has 28 heavy (non-hydrogen) atoms. The number of aryl methyl sites for hydroxylation is 4. The third-order valence-electron chi connectivity index (χ3n) is 5.93. The molecule has 1 aliphatic heterocycles. The van der Waals surface area contributed by atoms with E-state index in [4.69, 9.17) is 19.4 Å². The molecule has 146 valence electrons. The van der Waals surface area contributed by atoms with E-state index in [0.29, 0.717) is 5.88 Å². The van der Waals surface area contributed by atoms with Crippen molar-refractivity contribution in [2.75, 3.05) is 26.3 Å². The van der Waals surface area contributed by atoms with E-state index in [2.05, 4.69) is 32.0 Å². The highest BCUT2D eigenvalue weighted by Crippen LogP contribution is 2.37. The predicted molar refractivity (Wildman–Crippen MR) is 111 cm³/mol. The molecule has 0 saturated carbocycles. The number of nitrogens with one attached hydrogen (secondary N) is 1. The van der Waals surface area contributed by atoms with Gasteiger partial charge in [0.15, 0.2) is 5.82 Å². The maximum absolute atomic E-state index is 6.36. The maximum atomic E-state index is 6.36. The molecule has 5 rings (SSSR count). The van der Waals surface area contributed by atoms with Gasteiger partial charge < -0.3 is 14.4 Å². The molecule has 0 unspecified atom stereocenters. The molecule has 3 aromatic rings. The predicted octanol–water partition coefficient (Wildman–Crippen LogP) is 3.00. The van der Waals surface area contributed by atoms with Crippen LogP contribution in [0.2, 0.25) is 0 Å². The van der Waals surface area contributed by atoms with E-state index in [0.717, 1.165) is 61.1 Å². The third-order valence-corrected chi connectivity index (χ3v) is 7.04. The van der Waals surface area contributed by atoms with E-state index >= 15 is 0 Å². The molecule has 6 heteroatoms. The first-order valence-corrected chi connectivity index (χ1v) is 11.0. The van der Waals surface area contributed by atoms with Crippen molar-refractivity contribution in [2.45, 2.75) is 39.7 Å². The average molecular weight is 397 g/mol. The maximum Gasteiger partial charge on any atom is 0.231 e. The van der Waals surface area contributed by atoms with Crippen molar-refractivity contribution >= 4 is 21.6 Å². The first-order chi connectivity index (χ1) is 13.7. The molecule has 0 spiro atoms. The minimum Gasteiger partial charge on any atom is -0.438 e. The Morgan fingerprint density at radius 3 is 2.79 bits per heavy atom. The summed E-state index contributed by atoms with van der Waals surface area (Å²) in [4.78, 5) is 13.5. The largest absolute Gasteiger partial charge is 0.438 e. The zero-order valence-corrected chi connectivity index (χ0v) is 17.3. The lowest BCUT2D eigenvalue weighted by molar-refractivity contribution is -0.922. The summed E-state index contributed by atoms with van der Waals surface area (Å²) in [5.74, 6) is 2.45. The van der Waals surface area contributed by atoms with Crippen molar-refractivity contribution in [3.63, 3.8) is 0 Å². The van der Waals surface area contributed by atoms with Crippen LogP contribution in [-0.4, -0.2) is 36.3 Å². The Morgan fingerprint density at radius 2 is 1.93 bits per heavy atom. The second-order valence-electron chi connectivity index (χ2n) is 7.83. The van der Waals surface area contributed by atoms with Gasteiger partial charge in [-0.3, -0.25) is 0 Å². The van der Waals surface area contributed by atoms with Gasteiger partial charge in [0.2, 0.25) is 5.88 Å². The third kappa shape index (κ3) is 3.41. The second kappa shape index (κ2) is 7.43. The number of fused-ring (bicyclic) bond motifs is 2.